The van der Waals surface area contributed by atoms with Crippen LogP contribution in [0.1, 0.15) is 18.3 Å². The number of hydrogen-bond acceptors (Lipinski definition) is 5. The molecule has 0 aromatic carbocycles. The number of nitrogens with zero attached hydrogens (tertiary/aromatic N) is 3. The first kappa shape index (κ1) is 14.8. The highest BCUT2D eigenvalue weighted by Crippen LogP contribution is 2.21. The molecule has 21 heavy (non-hydrogen) atoms. The summed E-state index contributed by atoms with van der Waals surface area (Å²) in [6.07, 6.45) is 6.51. The van der Waals surface area contributed by atoms with Crippen LogP contribution in [0.5, 0.6) is 5.88 Å². The van der Waals surface area contributed by atoms with Crippen LogP contribution in [0.4, 0.5) is 0 Å². The van der Waals surface area contributed by atoms with E-state index in [1.165, 1.54) is 6.08 Å². The lowest BCUT2D eigenvalue weighted by molar-refractivity contribution is -0.137. The molecule has 0 spiro atoms. The summed E-state index contributed by atoms with van der Waals surface area (Å²) in [6, 6.07) is 3.65. The van der Waals surface area contributed by atoms with Gasteiger partial charge in [-0.05, 0) is 32.1 Å². The van der Waals surface area contributed by atoms with Gasteiger partial charge in [-0.2, -0.15) is 0 Å². The second-order valence-electron chi connectivity index (χ2n) is 4.27. The Labute approximate surface area is 123 Å². The third kappa shape index (κ3) is 3.68. The van der Waals surface area contributed by atoms with Gasteiger partial charge in [0, 0.05) is 12.3 Å². The predicted octanol–water partition coefficient (Wildman–Crippen LogP) is 2.16. The summed E-state index contributed by atoms with van der Waals surface area (Å²) in [4.78, 5) is 19.8. The van der Waals surface area contributed by atoms with Crippen LogP contribution < -0.4 is 4.74 Å². The molecule has 0 unspecified atom stereocenters. The average molecular weight is 287 g/mol. The van der Waals surface area contributed by atoms with Crippen molar-refractivity contribution in [3.05, 3.63) is 42.1 Å². The maximum Gasteiger partial charge on any atom is 0.330 e. The smallest absolute Gasteiger partial charge is 0.330 e. The zero-order valence-electron chi connectivity index (χ0n) is 12.2. The number of aryl methyl sites for hydroxylation is 1. The molecule has 0 aliphatic carbocycles. The summed E-state index contributed by atoms with van der Waals surface area (Å²) in [6.45, 7) is 4.01. The standard InChI is InChI=1S/C15H17N3O3/c1-4-21-14(19)8-6-12-5-7-13(15(17-12)20-3)18-9-11(2)16-10-18/h5-10H,4H2,1-3H3. The first-order valence-electron chi connectivity index (χ1n) is 6.55. The molecular formula is C15H17N3O3. The van der Waals surface area contributed by atoms with E-state index < -0.39 is 5.97 Å². The van der Waals surface area contributed by atoms with Crippen LogP contribution in [0.25, 0.3) is 11.8 Å². The minimum atomic E-state index is -0.396. The zero-order valence-corrected chi connectivity index (χ0v) is 12.2. The molecule has 0 bridgehead atoms. The van der Waals surface area contributed by atoms with Gasteiger partial charge in [-0.25, -0.2) is 14.8 Å². The molecule has 0 saturated carbocycles. The van der Waals surface area contributed by atoms with Crippen molar-refractivity contribution in [3.8, 4) is 11.6 Å². The number of methoxy groups -OCH3 is 1. The molecule has 0 aliphatic heterocycles. The van der Waals surface area contributed by atoms with E-state index >= 15 is 0 Å². The molecule has 0 radical (unpaired) electrons. The molecule has 6 nitrogen and oxygen atoms in total. The Morgan fingerprint density at radius 2 is 2.24 bits per heavy atom. The number of carbonyl (C=O) groups excluding carboxylic acids is 1. The molecule has 6 heteroatoms. The van der Waals surface area contributed by atoms with Crippen LogP contribution in [0.2, 0.25) is 0 Å². The second-order valence-corrected chi connectivity index (χ2v) is 4.27. The van der Waals surface area contributed by atoms with Crippen molar-refractivity contribution in [3.63, 3.8) is 0 Å². The Morgan fingerprint density at radius 1 is 1.43 bits per heavy atom. The van der Waals surface area contributed by atoms with E-state index in [1.807, 2.05) is 23.8 Å². The maximum atomic E-state index is 11.3. The molecule has 2 heterocycles. The van der Waals surface area contributed by atoms with E-state index in [2.05, 4.69) is 9.97 Å². The molecule has 0 fully saturated rings. The molecular weight excluding hydrogens is 270 g/mol. The summed E-state index contributed by atoms with van der Waals surface area (Å²) < 4.78 is 11.9. The fourth-order valence-corrected chi connectivity index (χ4v) is 1.78. The van der Waals surface area contributed by atoms with Gasteiger partial charge in [-0.15, -0.1) is 0 Å². The number of carbonyl (C=O) groups is 1. The molecule has 0 atom stereocenters. The minimum Gasteiger partial charge on any atom is -0.479 e. The Morgan fingerprint density at radius 3 is 2.86 bits per heavy atom. The third-order valence-corrected chi connectivity index (χ3v) is 2.72. The van der Waals surface area contributed by atoms with E-state index in [0.29, 0.717) is 18.2 Å². The molecule has 0 aliphatic rings. The normalized spacial score (nSPS) is 10.8. The zero-order chi connectivity index (χ0) is 15.2. The maximum absolute atomic E-state index is 11.3. The summed E-state index contributed by atoms with van der Waals surface area (Å²) in [5.41, 5.74) is 2.30. The van der Waals surface area contributed by atoms with E-state index in [-0.39, 0.29) is 0 Å². The fourth-order valence-electron chi connectivity index (χ4n) is 1.78. The number of pyridine rings is 1. The SMILES string of the molecule is CCOC(=O)C=Cc1ccc(-n2cnc(C)c2)c(OC)n1. The summed E-state index contributed by atoms with van der Waals surface area (Å²) in [5, 5.41) is 0. The topological polar surface area (TPSA) is 66.2 Å². The van der Waals surface area contributed by atoms with Gasteiger partial charge in [-0.1, -0.05) is 0 Å². The van der Waals surface area contributed by atoms with Crippen molar-refractivity contribution in [1.82, 2.24) is 14.5 Å². The second kappa shape index (κ2) is 6.69. The van der Waals surface area contributed by atoms with Crippen LogP contribution in [0.15, 0.2) is 30.7 Å². The van der Waals surface area contributed by atoms with Crippen LogP contribution in [0.3, 0.4) is 0 Å². The van der Waals surface area contributed by atoms with Crippen molar-refractivity contribution in [1.29, 1.82) is 0 Å². The van der Waals surface area contributed by atoms with E-state index in [1.54, 1.807) is 32.5 Å². The lowest BCUT2D eigenvalue weighted by Crippen LogP contribution is -2.00. The molecule has 2 rings (SSSR count). The molecule has 2 aromatic heterocycles. The van der Waals surface area contributed by atoms with Crippen LogP contribution in [0, 0.1) is 6.92 Å². The highest BCUT2D eigenvalue weighted by Gasteiger charge is 2.08. The van der Waals surface area contributed by atoms with Gasteiger partial charge in [0.2, 0.25) is 5.88 Å². The first-order valence-corrected chi connectivity index (χ1v) is 6.55. The highest BCUT2D eigenvalue weighted by atomic mass is 16.5. The van der Waals surface area contributed by atoms with Gasteiger partial charge in [0.05, 0.1) is 31.4 Å². The number of ether oxygens (including phenoxy) is 2. The number of imidazole rings is 1. The molecule has 0 N–H and O–H groups in total. The Kier molecular flexibility index (Phi) is 4.71. The monoisotopic (exact) mass is 287 g/mol. The number of hydrogen-bond donors (Lipinski definition) is 0. The van der Waals surface area contributed by atoms with Crippen LogP contribution in [-0.2, 0) is 9.53 Å². The summed E-state index contributed by atoms with van der Waals surface area (Å²) in [5.74, 6) is 0.0611. The van der Waals surface area contributed by atoms with Crippen molar-refractivity contribution in [2.75, 3.05) is 13.7 Å². The van der Waals surface area contributed by atoms with Crippen LogP contribution in [-0.4, -0.2) is 34.2 Å². The molecule has 0 amide bonds. The van der Waals surface area contributed by atoms with Crippen LogP contribution >= 0.6 is 0 Å². The number of aromatic nitrogens is 3. The quantitative estimate of drug-likeness (QED) is 0.623. The average Bonchev–Trinajstić information content (AvgIpc) is 2.91. The molecule has 2 aromatic rings. The van der Waals surface area contributed by atoms with Gasteiger partial charge >= 0.3 is 5.97 Å². The van der Waals surface area contributed by atoms with E-state index in [9.17, 15) is 4.79 Å². The van der Waals surface area contributed by atoms with Gasteiger partial charge in [0.15, 0.2) is 0 Å². The molecule has 110 valence electrons. The van der Waals surface area contributed by atoms with Crippen molar-refractivity contribution in [2.45, 2.75) is 13.8 Å². The Bertz CT molecular complexity index is 662. The summed E-state index contributed by atoms with van der Waals surface area (Å²) >= 11 is 0. The van der Waals surface area contributed by atoms with E-state index in [0.717, 1.165) is 11.4 Å². The summed E-state index contributed by atoms with van der Waals surface area (Å²) in [7, 11) is 1.55. The van der Waals surface area contributed by atoms with Gasteiger partial charge < -0.3 is 14.0 Å². The predicted molar refractivity (Wildman–Crippen MR) is 78.3 cm³/mol. The van der Waals surface area contributed by atoms with Gasteiger partial charge in [0.25, 0.3) is 0 Å². The Hall–Kier alpha value is -2.63. The highest BCUT2D eigenvalue weighted by molar-refractivity contribution is 5.86. The Balaban J connectivity index is 2.26. The fraction of sp³-hybridized carbons (Fsp3) is 0.267. The van der Waals surface area contributed by atoms with Crippen molar-refractivity contribution in [2.24, 2.45) is 0 Å². The molecule has 0 saturated heterocycles. The minimum absolute atomic E-state index is 0.346. The lowest BCUT2D eigenvalue weighted by Gasteiger charge is -2.08. The van der Waals surface area contributed by atoms with Gasteiger partial charge in [0.1, 0.15) is 5.69 Å². The first-order chi connectivity index (χ1) is 10.1. The van der Waals surface area contributed by atoms with E-state index in [4.69, 9.17) is 9.47 Å². The van der Waals surface area contributed by atoms with Crippen molar-refractivity contribution >= 4 is 12.0 Å². The largest absolute Gasteiger partial charge is 0.479 e. The van der Waals surface area contributed by atoms with Crippen molar-refractivity contribution < 1.29 is 14.3 Å². The lowest BCUT2D eigenvalue weighted by atomic mass is 10.3. The van der Waals surface area contributed by atoms with Gasteiger partial charge in [-0.3, -0.25) is 0 Å². The third-order valence-electron chi connectivity index (χ3n) is 2.72. The number of esters is 1. The number of rotatable bonds is 5.